The van der Waals surface area contributed by atoms with Crippen molar-refractivity contribution in [3.8, 4) is 6.07 Å². The van der Waals surface area contributed by atoms with Crippen molar-refractivity contribution >= 4 is 11.6 Å². The molecular formula is C13H11ClN2O. The van der Waals surface area contributed by atoms with Crippen LogP contribution in [0.5, 0.6) is 0 Å². The Labute approximate surface area is 105 Å². The van der Waals surface area contributed by atoms with Gasteiger partial charge in [-0.25, -0.2) is 0 Å². The van der Waals surface area contributed by atoms with Gasteiger partial charge in [-0.2, -0.15) is 5.26 Å². The molecule has 1 N–H and O–H groups in total. The van der Waals surface area contributed by atoms with Gasteiger partial charge in [0.1, 0.15) is 11.8 Å². The zero-order chi connectivity index (χ0) is 12.1. The minimum absolute atomic E-state index is 0.390. The number of nitrogens with one attached hydrogen (secondary N) is 1. The van der Waals surface area contributed by atoms with Crippen LogP contribution < -0.4 is 5.32 Å². The van der Waals surface area contributed by atoms with Gasteiger partial charge in [0.25, 0.3) is 0 Å². The summed E-state index contributed by atoms with van der Waals surface area (Å²) in [5, 5.41) is 12.8. The zero-order valence-corrected chi connectivity index (χ0v) is 9.82. The lowest BCUT2D eigenvalue weighted by Gasteiger charge is -2.10. The molecule has 2 rings (SSSR count). The summed E-state index contributed by atoms with van der Waals surface area (Å²) in [6.07, 6.45) is 1.61. The van der Waals surface area contributed by atoms with Crippen molar-refractivity contribution < 1.29 is 4.42 Å². The molecule has 0 aliphatic carbocycles. The first-order chi connectivity index (χ1) is 8.29. The summed E-state index contributed by atoms with van der Waals surface area (Å²) in [6, 6.07) is 12.8. The lowest BCUT2D eigenvalue weighted by atomic mass is 10.1. The van der Waals surface area contributed by atoms with Gasteiger partial charge in [-0.15, -0.1) is 0 Å². The van der Waals surface area contributed by atoms with E-state index < -0.39 is 6.04 Å². The number of hydrogen-bond acceptors (Lipinski definition) is 3. The van der Waals surface area contributed by atoms with Crippen LogP contribution in [0.15, 0.2) is 47.1 Å². The summed E-state index contributed by atoms with van der Waals surface area (Å²) in [5.41, 5.74) is 0.853. The monoisotopic (exact) mass is 246 g/mol. The van der Waals surface area contributed by atoms with Crippen molar-refractivity contribution in [3.05, 3.63) is 59.0 Å². The maximum absolute atomic E-state index is 9.11. The molecule has 0 saturated carbocycles. The van der Waals surface area contributed by atoms with Crippen LogP contribution in [-0.4, -0.2) is 0 Å². The summed E-state index contributed by atoms with van der Waals surface area (Å²) in [5.74, 6) is 0.798. The van der Waals surface area contributed by atoms with E-state index in [4.69, 9.17) is 21.3 Å². The fourth-order valence-corrected chi connectivity index (χ4v) is 1.74. The van der Waals surface area contributed by atoms with Crippen LogP contribution in [0.4, 0.5) is 0 Å². The fourth-order valence-electron chi connectivity index (χ4n) is 1.54. The minimum atomic E-state index is -0.390. The van der Waals surface area contributed by atoms with Crippen LogP contribution in [0, 0.1) is 11.3 Å². The van der Waals surface area contributed by atoms with Gasteiger partial charge in [0.15, 0.2) is 0 Å². The van der Waals surface area contributed by atoms with E-state index in [1.165, 1.54) is 0 Å². The van der Waals surface area contributed by atoms with Crippen LogP contribution in [0.25, 0.3) is 0 Å². The van der Waals surface area contributed by atoms with E-state index >= 15 is 0 Å². The normalized spacial score (nSPS) is 12.0. The van der Waals surface area contributed by atoms with Gasteiger partial charge in [-0.05, 0) is 29.8 Å². The minimum Gasteiger partial charge on any atom is -0.468 e. The molecule has 0 saturated heterocycles. The molecule has 1 atom stereocenters. The Morgan fingerprint density at radius 3 is 2.88 bits per heavy atom. The Kier molecular flexibility index (Phi) is 3.81. The van der Waals surface area contributed by atoms with Crippen molar-refractivity contribution in [2.45, 2.75) is 12.6 Å². The van der Waals surface area contributed by atoms with Crippen molar-refractivity contribution in [2.24, 2.45) is 0 Å². The number of nitrogens with zero attached hydrogens (tertiary/aromatic N) is 1. The van der Waals surface area contributed by atoms with Crippen molar-refractivity contribution in [1.82, 2.24) is 5.32 Å². The Balaban J connectivity index is 2.05. The van der Waals surface area contributed by atoms with Gasteiger partial charge in [0, 0.05) is 5.02 Å². The Morgan fingerprint density at radius 2 is 2.24 bits per heavy atom. The molecule has 4 heteroatoms. The number of furan rings is 1. The van der Waals surface area contributed by atoms with E-state index in [2.05, 4.69) is 11.4 Å². The summed E-state index contributed by atoms with van der Waals surface area (Å²) in [6.45, 7) is 0.512. The van der Waals surface area contributed by atoms with Crippen LogP contribution in [0.3, 0.4) is 0 Å². The largest absolute Gasteiger partial charge is 0.468 e. The van der Waals surface area contributed by atoms with Gasteiger partial charge in [0.05, 0.1) is 18.9 Å². The van der Waals surface area contributed by atoms with Gasteiger partial charge >= 0.3 is 0 Å². The molecule has 1 unspecified atom stereocenters. The average molecular weight is 247 g/mol. The quantitative estimate of drug-likeness (QED) is 0.901. The Bertz CT molecular complexity index is 516. The van der Waals surface area contributed by atoms with E-state index in [1.807, 2.05) is 24.3 Å². The second-order valence-corrected chi connectivity index (χ2v) is 4.01. The van der Waals surface area contributed by atoms with Crippen LogP contribution in [0.2, 0.25) is 5.02 Å². The molecule has 1 aromatic carbocycles. The highest BCUT2D eigenvalue weighted by Gasteiger charge is 2.10. The van der Waals surface area contributed by atoms with Gasteiger partial charge < -0.3 is 4.42 Å². The highest BCUT2D eigenvalue weighted by molar-refractivity contribution is 6.30. The van der Waals surface area contributed by atoms with Gasteiger partial charge in [-0.3, -0.25) is 5.32 Å². The van der Waals surface area contributed by atoms with E-state index in [1.54, 1.807) is 18.4 Å². The third-order valence-corrected chi connectivity index (χ3v) is 2.61. The van der Waals surface area contributed by atoms with Gasteiger partial charge in [-0.1, -0.05) is 23.7 Å². The molecule has 0 spiro atoms. The third kappa shape index (κ3) is 3.10. The number of halogens is 1. The molecule has 1 heterocycles. The highest BCUT2D eigenvalue weighted by Crippen LogP contribution is 2.17. The number of rotatable bonds is 4. The standard InChI is InChI=1S/C13H11ClN2O/c14-11-4-1-3-10(7-11)13(8-15)16-9-12-5-2-6-17-12/h1-7,13,16H,9H2. The first-order valence-electron chi connectivity index (χ1n) is 5.20. The molecule has 0 radical (unpaired) electrons. The van der Waals surface area contributed by atoms with Crippen LogP contribution in [-0.2, 0) is 6.54 Å². The molecular weight excluding hydrogens is 236 g/mol. The molecule has 0 aliphatic heterocycles. The molecule has 2 aromatic rings. The number of nitriles is 1. The lowest BCUT2D eigenvalue weighted by Crippen LogP contribution is -2.19. The summed E-state index contributed by atoms with van der Waals surface area (Å²) < 4.78 is 5.19. The molecule has 1 aromatic heterocycles. The maximum atomic E-state index is 9.11. The first-order valence-corrected chi connectivity index (χ1v) is 5.58. The predicted octanol–water partition coefficient (Wildman–Crippen LogP) is 3.29. The van der Waals surface area contributed by atoms with E-state index in [-0.39, 0.29) is 0 Å². The highest BCUT2D eigenvalue weighted by atomic mass is 35.5. The second kappa shape index (κ2) is 5.53. The van der Waals surface area contributed by atoms with Crippen LogP contribution >= 0.6 is 11.6 Å². The molecule has 86 valence electrons. The van der Waals surface area contributed by atoms with Crippen molar-refractivity contribution in [3.63, 3.8) is 0 Å². The zero-order valence-electron chi connectivity index (χ0n) is 9.06. The van der Waals surface area contributed by atoms with E-state index in [0.717, 1.165) is 11.3 Å². The molecule has 0 amide bonds. The lowest BCUT2D eigenvalue weighted by molar-refractivity contribution is 0.473. The molecule has 0 bridgehead atoms. The van der Waals surface area contributed by atoms with Crippen LogP contribution in [0.1, 0.15) is 17.4 Å². The third-order valence-electron chi connectivity index (χ3n) is 2.37. The maximum Gasteiger partial charge on any atom is 0.121 e. The molecule has 0 fully saturated rings. The number of benzene rings is 1. The molecule has 0 aliphatic rings. The fraction of sp³-hybridized carbons (Fsp3) is 0.154. The SMILES string of the molecule is N#CC(NCc1ccco1)c1cccc(Cl)c1. The summed E-state index contributed by atoms with van der Waals surface area (Å²) in [7, 11) is 0. The molecule has 3 nitrogen and oxygen atoms in total. The van der Waals surface area contributed by atoms with Gasteiger partial charge in [0.2, 0.25) is 0 Å². The van der Waals surface area contributed by atoms with Crippen molar-refractivity contribution in [1.29, 1.82) is 5.26 Å². The van der Waals surface area contributed by atoms with Crippen molar-refractivity contribution in [2.75, 3.05) is 0 Å². The Hall–Kier alpha value is -1.76. The van der Waals surface area contributed by atoms with E-state index in [0.29, 0.717) is 11.6 Å². The van der Waals surface area contributed by atoms with E-state index in [9.17, 15) is 0 Å². The second-order valence-electron chi connectivity index (χ2n) is 3.58. The number of hydrogen-bond donors (Lipinski definition) is 1. The summed E-state index contributed by atoms with van der Waals surface area (Å²) in [4.78, 5) is 0. The topological polar surface area (TPSA) is 49.0 Å². The average Bonchev–Trinajstić information content (AvgIpc) is 2.83. The predicted molar refractivity (Wildman–Crippen MR) is 65.4 cm³/mol. The first kappa shape index (κ1) is 11.7. The molecule has 17 heavy (non-hydrogen) atoms. The summed E-state index contributed by atoms with van der Waals surface area (Å²) >= 11 is 5.89. The Morgan fingerprint density at radius 1 is 1.35 bits per heavy atom. The smallest absolute Gasteiger partial charge is 0.121 e.